The van der Waals surface area contributed by atoms with E-state index in [0.29, 0.717) is 0 Å². The largest absolute Gasteiger partial charge is 0.272 e. The fraction of sp³-hybridized carbons (Fsp3) is 0.727. The first-order valence-corrected chi connectivity index (χ1v) is 7.26. The molecule has 5 nitrogen and oxygen atoms in total. The summed E-state index contributed by atoms with van der Waals surface area (Å²) < 4.78 is 28.4. The van der Waals surface area contributed by atoms with Gasteiger partial charge < -0.3 is 0 Å². The van der Waals surface area contributed by atoms with Crippen molar-refractivity contribution in [1.82, 2.24) is 9.78 Å². The highest BCUT2D eigenvalue weighted by atomic mass is 32.2. The molecule has 0 aliphatic rings. The van der Waals surface area contributed by atoms with Gasteiger partial charge >= 0.3 is 0 Å². The number of hydrogen-bond acceptors (Lipinski definition) is 4. The highest BCUT2D eigenvalue weighted by Gasteiger charge is 2.14. The Morgan fingerprint density at radius 1 is 1.41 bits per heavy atom. The summed E-state index contributed by atoms with van der Waals surface area (Å²) >= 11 is 0. The van der Waals surface area contributed by atoms with Gasteiger partial charge in [0.25, 0.3) is 10.1 Å². The van der Waals surface area contributed by atoms with Crippen molar-refractivity contribution in [2.45, 2.75) is 40.8 Å². The Morgan fingerprint density at radius 3 is 2.47 bits per heavy atom. The lowest BCUT2D eigenvalue weighted by molar-refractivity contribution is 0.308. The molecule has 1 aromatic rings. The Labute approximate surface area is 103 Å². The van der Waals surface area contributed by atoms with Crippen molar-refractivity contribution in [3.8, 4) is 0 Å². The zero-order valence-corrected chi connectivity index (χ0v) is 11.8. The number of rotatable bonds is 4. The van der Waals surface area contributed by atoms with Crippen LogP contribution in [-0.4, -0.2) is 24.5 Å². The molecule has 98 valence electrons. The lowest BCUT2D eigenvalue weighted by atomic mass is 9.97. The summed E-state index contributed by atoms with van der Waals surface area (Å²) in [5.41, 5.74) is 1.74. The van der Waals surface area contributed by atoms with Crippen LogP contribution >= 0.6 is 0 Å². The average Bonchev–Trinajstić information content (AvgIpc) is 2.38. The van der Waals surface area contributed by atoms with E-state index in [2.05, 4.69) is 25.9 Å². The van der Waals surface area contributed by atoms with Crippen molar-refractivity contribution >= 4 is 10.1 Å². The number of nitrogens with zero attached hydrogens (tertiary/aromatic N) is 2. The summed E-state index contributed by atoms with van der Waals surface area (Å²) in [7, 11) is -3.40. The first kappa shape index (κ1) is 14.2. The Kier molecular flexibility index (Phi) is 3.99. The zero-order valence-electron chi connectivity index (χ0n) is 11.0. The number of aryl methyl sites for hydroxylation is 1. The maximum absolute atomic E-state index is 10.9. The molecule has 0 aliphatic heterocycles. The van der Waals surface area contributed by atoms with Crippen molar-refractivity contribution in [2.75, 3.05) is 6.26 Å². The van der Waals surface area contributed by atoms with Crippen LogP contribution in [0, 0.1) is 12.3 Å². The molecule has 0 saturated heterocycles. The van der Waals surface area contributed by atoms with Crippen LogP contribution in [0.5, 0.6) is 0 Å². The van der Waals surface area contributed by atoms with Crippen molar-refractivity contribution in [3.05, 3.63) is 17.5 Å². The van der Waals surface area contributed by atoms with Crippen LogP contribution in [0.4, 0.5) is 0 Å². The average molecular weight is 260 g/mol. The third-order valence-electron chi connectivity index (χ3n) is 2.11. The van der Waals surface area contributed by atoms with Gasteiger partial charge in [0, 0.05) is 18.3 Å². The fourth-order valence-electron chi connectivity index (χ4n) is 1.44. The Hall–Kier alpha value is -0.880. The Balaban J connectivity index is 2.75. The molecule has 0 radical (unpaired) electrons. The standard InChI is InChI=1S/C11H20N2O3S/c1-9-10(7-16-17(5,14)15)6-13(12-9)8-11(2,3)4/h6H,7-8H2,1-5H3. The van der Waals surface area contributed by atoms with E-state index in [4.69, 9.17) is 4.18 Å². The Bertz CT molecular complexity index is 483. The van der Waals surface area contributed by atoms with E-state index in [1.165, 1.54) is 0 Å². The first-order chi connectivity index (χ1) is 7.57. The summed E-state index contributed by atoms with van der Waals surface area (Å²) in [5.74, 6) is 0. The molecule has 1 heterocycles. The van der Waals surface area contributed by atoms with E-state index in [9.17, 15) is 8.42 Å². The minimum Gasteiger partial charge on any atom is -0.272 e. The second kappa shape index (κ2) is 4.78. The third kappa shape index (κ3) is 5.32. The van der Waals surface area contributed by atoms with Crippen molar-refractivity contribution in [3.63, 3.8) is 0 Å². The third-order valence-corrected chi connectivity index (χ3v) is 2.66. The minimum atomic E-state index is -3.40. The van der Waals surface area contributed by atoms with Crippen LogP contribution in [0.15, 0.2) is 6.20 Å². The normalized spacial score (nSPS) is 13.0. The molecule has 0 aromatic carbocycles. The van der Waals surface area contributed by atoms with E-state index in [1.54, 1.807) is 0 Å². The van der Waals surface area contributed by atoms with Crippen LogP contribution in [0.3, 0.4) is 0 Å². The molecule has 0 fully saturated rings. The molecule has 0 atom stereocenters. The molecule has 0 N–H and O–H groups in total. The van der Waals surface area contributed by atoms with Crippen LogP contribution in [0.25, 0.3) is 0 Å². The fourth-order valence-corrected chi connectivity index (χ4v) is 1.78. The van der Waals surface area contributed by atoms with E-state index in [-0.39, 0.29) is 12.0 Å². The maximum atomic E-state index is 10.9. The van der Waals surface area contributed by atoms with Gasteiger partial charge in [0.2, 0.25) is 0 Å². The molecule has 6 heteroatoms. The summed E-state index contributed by atoms with van der Waals surface area (Å²) in [4.78, 5) is 0. The van der Waals surface area contributed by atoms with Gasteiger partial charge in [-0.05, 0) is 12.3 Å². The monoisotopic (exact) mass is 260 g/mol. The topological polar surface area (TPSA) is 61.2 Å². The van der Waals surface area contributed by atoms with Gasteiger partial charge in [-0.1, -0.05) is 20.8 Å². The van der Waals surface area contributed by atoms with Gasteiger partial charge in [0.05, 0.1) is 18.6 Å². The molecule has 0 aliphatic carbocycles. The summed E-state index contributed by atoms with van der Waals surface area (Å²) in [6.45, 7) is 9.05. The van der Waals surface area contributed by atoms with Crippen LogP contribution < -0.4 is 0 Å². The predicted molar refractivity (Wildman–Crippen MR) is 66.1 cm³/mol. The van der Waals surface area contributed by atoms with Crippen molar-refractivity contribution in [2.24, 2.45) is 5.41 Å². The van der Waals surface area contributed by atoms with E-state index in [1.807, 2.05) is 17.8 Å². The van der Waals surface area contributed by atoms with E-state index < -0.39 is 10.1 Å². The van der Waals surface area contributed by atoms with Crippen LogP contribution in [-0.2, 0) is 27.5 Å². The lowest BCUT2D eigenvalue weighted by Gasteiger charge is -2.17. The molecular weight excluding hydrogens is 240 g/mol. The highest BCUT2D eigenvalue weighted by Crippen LogP contribution is 2.17. The quantitative estimate of drug-likeness (QED) is 0.773. The summed E-state index contributed by atoms with van der Waals surface area (Å²) in [5, 5.41) is 4.34. The molecule has 0 unspecified atom stereocenters. The van der Waals surface area contributed by atoms with Gasteiger partial charge in [0.1, 0.15) is 0 Å². The Morgan fingerprint density at radius 2 is 2.00 bits per heavy atom. The number of hydrogen-bond donors (Lipinski definition) is 0. The molecule has 0 saturated carbocycles. The van der Waals surface area contributed by atoms with Gasteiger partial charge in [-0.15, -0.1) is 0 Å². The molecular formula is C11H20N2O3S. The van der Waals surface area contributed by atoms with Gasteiger partial charge in [-0.3, -0.25) is 8.86 Å². The second-order valence-electron chi connectivity index (χ2n) is 5.46. The summed E-state index contributed by atoms with van der Waals surface area (Å²) in [6.07, 6.45) is 2.88. The first-order valence-electron chi connectivity index (χ1n) is 5.44. The smallest absolute Gasteiger partial charge is 0.264 e. The SMILES string of the molecule is Cc1nn(CC(C)(C)C)cc1COS(C)(=O)=O. The lowest BCUT2D eigenvalue weighted by Crippen LogP contribution is -2.15. The van der Waals surface area contributed by atoms with E-state index in [0.717, 1.165) is 24.1 Å². The minimum absolute atomic E-state index is 0.0504. The molecule has 0 spiro atoms. The molecule has 17 heavy (non-hydrogen) atoms. The zero-order chi connectivity index (χ0) is 13.3. The number of aromatic nitrogens is 2. The highest BCUT2D eigenvalue weighted by molar-refractivity contribution is 7.85. The predicted octanol–water partition coefficient (Wildman–Crippen LogP) is 1.71. The van der Waals surface area contributed by atoms with Crippen LogP contribution in [0.2, 0.25) is 0 Å². The molecule has 0 bridgehead atoms. The molecule has 0 amide bonds. The maximum Gasteiger partial charge on any atom is 0.264 e. The van der Waals surface area contributed by atoms with Gasteiger partial charge in [0.15, 0.2) is 0 Å². The van der Waals surface area contributed by atoms with Crippen molar-refractivity contribution in [1.29, 1.82) is 0 Å². The molecule has 1 rings (SSSR count). The second-order valence-corrected chi connectivity index (χ2v) is 7.11. The summed E-state index contributed by atoms with van der Waals surface area (Å²) in [6, 6.07) is 0. The van der Waals surface area contributed by atoms with Crippen molar-refractivity contribution < 1.29 is 12.6 Å². The van der Waals surface area contributed by atoms with E-state index >= 15 is 0 Å². The van der Waals surface area contributed by atoms with Gasteiger partial charge in [-0.25, -0.2) is 0 Å². The molecule has 1 aromatic heterocycles. The van der Waals surface area contributed by atoms with Crippen LogP contribution in [0.1, 0.15) is 32.0 Å². The van der Waals surface area contributed by atoms with Gasteiger partial charge in [-0.2, -0.15) is 13.5 Å².